The number of hydrogen-bond acceptors (Lipinski definition) is 4. The van der Waals surface area contributed by atoms with E-state index in [-0.39, 0.29) is 6.42 Å². The lowest BCUT2D eigenvalue weighted by Gasteiger charge is -2.34. The van der Waals surface area contributed by atoms with E-state index in [1.54, 1.807) is 0 Å². The van der Waals surface area contributed by atoms with Gasteiger partial charge in [0.25, 0.3) is 0 Å². The Balaban J connectivity index is 3.04. The maximum absolute atomic E-state index is 13.5. The second-order valence-electron chi connectivity index (χ2n) is 8.06. The van der Waals surface area contributed by atoms with E-state index < -0.39 is 91.3 Å². The fraction of sp³-hybridized carbons (Fsp3) is 0.778. The number of halogens is 18. The summed E-state index contributed by atoms with van der Waals surface area (Å²) in [4.78, 5) is 24.0. The summed E-state index contributed by atoms with van der Waals surface area (Å²) in [7, 11) is 0. The Bertz CT molecular complexity index is 965. The summed E-state index contributed by atoms with van der Waals surface area (Å²) < 4.78 is 239. The Labute approximate surface area is 209 Å². The number of hydrogen-bond donors (Lipinski definition) is 0. The summed E-state index contributed by atoms with van der Waals surface area (Å²) in [6.07, 6.45) is -14.2. The van der Waals surface area contributed by atoms with Gasteiger partial charge in [-0.15, -0.1) is 0 Å². The Hall–Kier alpha value is -2.58. The van der Waals surface area contributed by atoms with Gasteiger partial charge in [0.2, 0.25) is 0 Å². The zero-order chi connectivity index (χ0) is 32.0. The van der Waals surface area contributed by atoms with Gasteiger partial charge in [0.1, 0.15) is 0 Å². The van der Waals surface area contributed by atoms with Crippen LogP contribution in [0.3, 0.4) is 0 Å². The van der Waals surface area contributed by atoms with Crippen LogP contribution in [0.25, 0.3) is 0 Å². The van der Waals surface area contributed by atoms with E-state index in [1.807, 2.05) is 0 Å². The van der Waals surface area contributed by atoms with Crippen molar-refractivity contribution in [3.63, 3.8) is 0 Å². The van der Waals surface area contributed by atoms with Crippen LogP contribution in [0.15, 0.2) is 12.2 Å². The van der Waals surface area contributed by atoms with E-state index in [0.717, 1.165) is 6.08 Å². The Kier molecular flexibility index (Phi) is 9.46. The monoisotopic (exact) mass is 634 g/mol. The Morgan fingerprint density at radius 2 is 0.925 bits per heavy atom. The normalized spacial score (nSPS) is 20.4. The number of carbonyl (C=O) groups is 2. The molecular formula is C18H12F18O4. The summed E-state index contributed by atoms with van der Waals surface area (Å²) in [6, 6.07) is 0. The van der Waals surface area contributed by atoms with Crippen molar-refractivity contribution in [2.75, 3.05) is 13.2 Å². The smallest absolute Gasteiger partial charge is 0.459 e. The first-order valence-corrected chi connectivity index (χ1v) is 9.90. The minimum absolute atomic E-state index is 0.339. The largest absolute Gasteiger partial charge is 0.460 e. The molecule has 0 saturated heterocycles. The predicted octanol–water partition coefficient (Wildman–Crippen LogP) is 6.59. The Morgan fingerprint density at radius 1 is 0.575 bits per heavy atom. The molecule has 0 aromatic rings. The highest BCUT2D eigenvalue weighted by Crippen LogP contribution is 2.54. The molecule has 1 rings (SSSR count). The molecule has 0 fully saturated rings. The zero-order valence-corrected chi connectivity index (χ0v) is 18.6. The molecule has 1 aliphatic carbocycles. The molecule has 2 atom stereocenters. The maximum Gasteiger partial charge on any atom is 0.460 e. The van der Waals surface area contributed by atoms with Crippen LogP contribution < -0.4 is 0 Å². The Morgan fingerprint density at radius 3 is 1.27 bits per heavy atom. The third-order valence-electron chi connectivity index (χ3n) is 5.21. The highest BCUT2D eigenvalue weighted by atomic mass is 19.4. The maximum atomic E-state index is 13.5. The molecule has 0 heterocycles. The fourth-order valence-corrected chi connectivity index (χ4v) is 2.86. The third kappa shape index (κ3) is 6.18. The lowest BCUT2D eigenvalue weighted by molar-refractivity contribution is -0.399. The van der Waals surface area contributed by atoms with E-state index in [1.165, 1.54) is 0 Å². The summed E-state index contributed by atoms with van der Waals surface area (Å²) in [6.45, 7) is -6.34. The second kappa shape index (κ2) is 10.7. The molecule has 0 aliphatic heterocycles. The lowest BCUT2D eigenvalue weighted by Crippen LogP contribution is -2.62. The van der Waals surface area contributed by atoms with Crippen molar-refractivity contribution in [2.45, 2.75) is 60.7 Å². The van der Waals surface area contributed by atoms with Crippen LogP contribution in [-0.4, -0.2) is 73.0 Å². The first kappa shape index (κ1) is 35.4. The average Bonchev–Trinajstić information content (AvgIpc) is 2.79. The van der Waals surface area contributed by atoms with E-state index in [9.17, 15) is 88.6 Å². The molecule has 0 spiro atoms. The minimum Gasteiger partial charge on any atom is -0.459 e. The van der Waals surface area contributed by atoms with E-state index >= 15 is 0 Å². The van der Waals surface area contributed by atoms with Gasteiger partial charge in [-0.05, 0) is 12.8 Å². The molecule has 22 heteroatoms. The van der Waals surface area contributed by atoms with Crippen LogP contribution in [0.5, 0.6) is 0 Å². The number of allylic oxidation sites excluding steroid dienone is 1. The van der Waals surface area contributed by atoms with E-state index in [2.05, 4.69) is 9.47 Å². The minimum atomic E-state index is -7.36. The summed E-state index contributed by atoms with van der Waals surface area (Å²) in [5, 5.41) is 0. The highest BCUT2D eigenvalue weighted by Gasteiger charge is 2.83. The quantitative estimate of drug-likeness (QED) is 0.155. The lowest BCUT2D eigenvalue weighted by atomic mass is 9.84. The van der Waals surface area contributed by atoms with Crippen molar-refractivity contribution in [3.8, 4) is 0 Å². The number of alkyl halides is 18. The van der Waals surface area contributed by atoms with Crippen molar-refractivity contribution in [3.05, 3.63) is 12.2 Å². The van der Waals surface area contributed by atoms with Crippen molar-refractivity contribution < 1.29 is 98.1 Å². The van der Waals surface area contributed by atoms with Crippen molar-refractivity contribution in [1.82, 2.24) is 0 Å². The molecule has 2 unspecified atom stereocenters. The highest BCUT2D eigenvalue weighted by molar-refractivity contribution is 5.84. The molecule has 0 bridgehead atoms. The van der Waals surface area contributed by atoms with Crippen LogP contribution >= 0.6 is 0 Å². The van der Waals surface area contributed by atoms with E-state index in [0.29, 0.717) is 6.08 Å². The van der Waals surface area contributed by atoms with Gasteiger partial charge in [-0.2, -0.15) is 79.0 Å². The van der Waals surface area contributed by atoms with Crippen LogP contribution in [0.2, 0.25) is 0 Å². The number of ether oxygens (including phenoxy) is 2. The topological polar surface area (TPSA) is 52.6 Å². The van der Waals surface area contributed by atoms with Gasteiger partial charge < -0.3 is 9.47 Å². The molecule has 0 saturated carbocycles. The third-order valence-corrected chi connectivity index (χ3v) is 5.21. The number of carbonyl (C=O) groups excluding carboxylic acids is 2. The summed E-state index contributed by atoms with van der Waals surface area (Å²) in [5.74, 6) is -51.1. The molecule has 0 amide bonds. The molecule has 0 aromatic heterocycles. The van der Waals surface area contributed by atoms with Gasteiger partial charge in [0, 0.05) is 0 Å². The van der Waals surface area contributed by atoms with Crippen molar-refractivity contribution in [2.24, 2.45) is 11.8 Å². The van der Waals surface area contributed by atoms with Gasteiger partial charge in [-0.3, -0.25) is 9.59 Å². The first-order valence-electron chi connectivity index (χ1n) is 9.90. The average molecular weight is 634 g/mol. The summed E-state index contributed by atoms with van der Waals surface area (Å²) in [5.41, 5.74) is 0. The number of esters is 2. The molecule has 234 valence electrons. The molecule has 1 aliphatic rings. The van der Waals surface area contributed by atoms with Gasteiger partial charge >= 0.3 is 59.8 Å². The molecule has 0 radical (unpaired) electrons. The van der Waals surface area contributed by atoms with Crippen LogP contribution in [0.4, 0.5) is 79.0 Å². The van der Waals surface area contributed by atoms with Gasteiger partial charge in [0.05, 0.1) is 11.8 Å². The predicted molar refractivity (Wildman–Crippen MR) is 89.1 cm³/mol. The first-order chi connectivity index (χ1) is 17.5. The van der Waals surface area contributed by atoms with Gasteiger partial charge in [-0.1, -0.05) is 12.2 Å². The second-order valence-corrected chi connectivity index (χ2v) is 8.06. The molecule has 40 heavy (non-hydrogen) atoms. The SMILES string of the molecule is O=C(OCC(F)(F)C(F)(F)C(F)(F)C(F)(F)F)C1C=CCCC1C(=O)OCC(F)(F)C(F)(F)C(F)(F)C(F)(F)F. The van der Waals surface area contributed by atoms with Gasteiger partial charge in [-0.25, -0.2) is 0 Å². The van der Waals surface area contributed by atoms with Crippen molar-refractivity contribution >= 4 is 11.9 Å². The molecular weight excluding hydrogens is 622 g/mol. The van der Waals surface area contributed by atoms with Crippen molar-refractivity contribution in [1.29, 1.82) is 0 Å². The standard InChI is InChI=1S/C18H12F18O4/c19-11(20,13(23,24)15(27,28)17(31,32)33)5-39-9(37)7-3-1-2-4-8(7)10(38)40-6-12(21,22)14(25,26)16(29,30)18(34,35)36/h1,3,7-8H,2,4-6H2. The van der Waals surface area contributed by atoms with Gasteiger partial charge in [0.15, 0.2) is 13.2 Å². The summed E-state index contributed by atoms with van der Waals surface area (Å²) >= 11 is 0. The van der Waals surface area contributed by atoms with Crippen LogP contribution in [0, 0.1) is 11.8 Å². The van der Waals surface area contributed by atoms with Crippen LogP contribution in [-0.2, 0) is 19.1 Å². The molecule has 4 nitrogen and oxygen atoms in total. The van der Waals surface area contributed by atoms with Crippen LogP contribution in [0.1, 0.15) is 12.8 Å². The number of rotatable bonds is 10. The molecule has 0 aromatic carbocycles. The zero-order valence-electron chi connectivity index (χ0n) is 18.6. The van der Waals surface area contributed by atoms with E-state index in [4.69, 9.17) is 0 Å². The molecule has 0 N–H and O–H groups in total. The fourth-order valence-electron chi connectivity index (χ4n) is 2.86.